The molecule has 0 saturated carbocycles. The van der Waals surface area contributed by atoms with E-state index in [4.69, 9.17) is 0 Å². The summed E-state index contributed by atoms with van der Waals surface area (Å²) in [5, 5.41) is 3.03. The van der Waals surface area contributed by atoms with Crippen LogP contribution in [0, 0.1) is 0 Å². The molecule has 0 amide bonds. The normalized spacial score (nSPS) is 11.8. The molecule has 0 spiro atoms. The van der Waals surface area contributed by atoms with Crippen molar-refractivity contribution >= 4 is 11.5 Å². The molecule has 0 aliphatic carbocycles. The molecule has 2 aromatic heterocycles. The number of fused-ring (bicyclic) bond motifs is 1. The summed E-state index contributed by atoms with van der Waals surface area (Å²) in [6, 6.07) is 11.0. The Labute approximate surface area is 119 Å². The molecule has 3 rings (SSSR count). The highest BCUT2D eigenvalue weighted by atomic mass is 19.4. The number of halogens is 3. The van der Waals surface area contributed by atoms with Crippen LogP contribution in [0.5, 0.6) is 0 Å². The second kappa shape index (κ2) is 5.12. The quantitative estimate of drug-likeness (QED) is 0.791. The van der Waals surface area contributed by atoms with Crippen LogP contribution in [0.25, 0.3) is 5.65 Å². The zero-order valence-electron chi connectivity index (χ0n) is 10.9. The second-order valence-electron chi connectivity index (χ2n) is 4.57. The van der Waals surface area contributed by atoms with Gasteiger partial charge < -0.3 is 5.32 Å². The predicted molar refractivity (Wildman–Crippen MR) is 74.0 cm³/mol. The zero-order chi connectivity index (χ0) is 14.9. The number of benzene rings is 1. The summed E-state index contributed by atoms with van der Waals surface area (Å²) in [6.45, 7) is 0.0903. The number of anilines is 1. The van der Waals surface area contributed by atoms with Crippen LogP contribution in [-0.4, -0.2) is 9.38 Å². The maximum absolute atomic E-state index is 12.9. The van der Waals surface area contributed by atoms with Gasteiger partial charge in [-0.05, 0) is 23.8 Å². The summed E-state index contributed by atoms with van der Waals surface area (Å²) in [4.78, 5) is 4.13. The maximum atomic E-state index is 12.9. The van der Waals surface area contributed by atoms with Crippen molar-refractivity contribution in [2.45, 2.75) is 12.7 Å². The molecule has 21 heavy (non-hydrogen) atoms. The van der Waals surface area contributed by atoms with Gasteiger partial charge in [-0.15, -0.1) is 0 Å². The van der Waals surface area contributed by atoms with Gasteiger partial charge >= 0.3 is 6.18 Å². The second-order valence-corrected chi connectivity index (χ2v) is 4.57. The molecular formula is C15H12F3N3. The third-order valence-electron chi connectivity index (χ3n) is 3.21. The maximum Gasteiger partial charge on any atom is 0.416 e. The van der Waals surface area contributed by atoms with Gasteiger partial charge in [0.15, 0.2) is 0 Å². The van der Waals surface area contributed by atoms with Gasteiger partial charge in [-0.3, -0.25) is 4.40 Å². The third-order valence-corrected chi connectivity index (χ3v) is 3.21. The van der Waals surface area contributed by atoms with E-state index in [1.807, 2.05) is 6.07 Å². The van der Waals surface area contributed by atoms with Crippen LogP contribution >= 0.6 is 0 Å². The van der Waals surface area contributed by atoms with Crippen molar-refractivity contribution < 1.29 is 13.2 Å². The molecule has 3 aromatic rings. The number of hydrogen-bond donors (Lipinski definition) is 1. The first-order chi connectivity index (χ1) is 10.1. The molecule has 0 radical (unpaired) electrons. The Kier molecular flexibility index (Phi) is 3.29. The van der Waals surface area contributed by atoms with Gasteiger partial charge in [0.1, 0.15) is 11.5 Å². The van der Waals surface area contributed by atoms with Crippen molar-refractivity contribution in [3.8, 4) is 0 Å². The van der Waals surface area contributed by atoms with Crippen molar-refractivity contribution in [1.82, 2.24) is 9.38 Å². The van der Waals surface area contributed by atoms with Crippen molar-refractivity contribution in [2.24, 2.45) is 0 Å². The Hall–Kier alpha value is -2.50. The van der Waals surface area contributed by atoms with E-state index in [-0.39, 0.29) is 12.1 Å². The number of nitrogens with one attached hydrogen (secondary N) is 1. The van der Waals surface area contributed by atoms with E-state index in [9.17, 15) is 13.2 Å². The fraction of sp³-hybridized carbons (Fsp3) is 0.133. The molecule has 0 saturated heterocycles. The van der Waals surface area contributed by atoms with Crippen molar-refractivity contribution in [2.75, 3.05) is 5.32 Å². The summed E-state index contributed by atoms with van der Waals surface area (Å²) >= 11 is 0. The van der Waals surface area contributed by atoms with Crippen LogP contribution in [0.3, 0.4) is 0 Å². The summed E-state index contributed by atoms with van der Waals surface area (Å²) in [6.07, 6.45) is -0.948. The molecule has 0 fully saturated rings. The number of aromatic nitrogens is 2. The lowest BCUT2D eigenvalue weighted by Crippen LogP contribution is -2.12. The lowest BCUT2D eigenvalue weighted by atomic mass is 10.1. The Morgan fingerprint density at radius 2 is 1.86 bits per heavy atom. The zero-order valence-corrected chi connectivity index (χ0v) is 10.9. The first kappa shape index (κ1) is 13.5. The average molecular weight is 291 g/mol. The Morgan fingerprint density at radius 1 is 1.05 bits per heavy atom. The minimum absolute atomic E-state index is 0.0903. The summed E-state index contributed by atoms with van der Waals surface area (Å²) in [7, 11) is 0. The first-order valence-corrected chi connectivity index (χ1v) is 6.37. The molecule has 6 heteroatoms. The SMILES string of the molecule is FC(F)(F)c1ccccc1CNc1cccc2nccn12. The van der Waals surface area contributed by atoms with Gasteiger partial charge in [0.25, 0.3) is 0 Å². The topological polar surface area (TPSA) is 29.3 Å². The van der Waals surface area contributed by atoms with Crippen molar-refractivity contribution in [1.29, 1.82) is 0 Å². The Balaban J connectivity index is 1.87. The minimum Gasteiger partial charge on any atom is -0.367 e. The molecule has 0 unspecified atom stereocenters. The molecular weight excluding hydrogens is 279 g/mol. The fourth-order valence-corrected chi connectivity index (χ4v) is 2.23. The number of rotatable bonds is 3. The van der Waals surface area contributed by atoms with E-state index in [1.54, 1.807) is 35.0 Å². The number of imidazole rings is 1. The molecule has 1 N–H and O–H groups in total. The average Bonchev–Trinajstić information content (AvgIpc) is 2.93. The van der Waals surface area contributed by atoms with Gasteiger partial charge in [0, 0.05) is 18.9 Å². The summed E-state index contributed by atoms with van der Waals surface area (Å²) in [5.74, 6) is 0.696. The number of pyridine rings is 1. The standard InChI is InChI=1S/C15H12F3N3/c16-15(17,18)12-5-2-1-4-11(12)10-20-14-7-3-6-13-19-8-9-21(13)14/h1-9,20H,10H2. The number of hydrogen-bond acceptors (Lipinski definition) is 2. The predicted octanol–water partition coefficient (Wildman–Crippen LogP) is 3.97. The summed E-state index contributed by atoms with van der Waals surface area (Å²) in [5.41, 5.74) is 0.335. The van der Waals surface area contributed by atoms with Crippen LogP contribution in [0.1, 0.15) is 11.1 Å². The molecule has 3 nitrogen and oxygen atoms in total. The smallest absolute Gasteiger partial charge is 0.367 e. The van der Waals surface area contributed by atoms with Gasteiger partial charge in [0.05, 0.1) is 5.56 Å². The first-order valence-electron chi connectivity index (χ1n) is 6.37. The largest absolute Gasteiger partial charge is 0.416 e. The molecule has 1 aromatic carbocycles. The Bertz CT molecular complexity index is 762. The molecule has 0 bridgehead atoms. The molecule has 0 aliphatic rings. The number of alkyl halides is 3. The fourth-order valence-electron chi connectivity index (χ4n) is 2.23. The van der Waals surface area contributed by atoms with Gasteiger partial charge in [-0.1, -0.05) is 24.3 Å². The highest BCUT2D eigenvalue weighted by Crippen LogP contribution is 2.32. The van der Waals surface area contributed by atoms with Gasteiger partial charge in [-0.2, -0.15) is 13.2 Å². The molecule has 108 valence electrons. The monoisotopic (exact) mass is 291 g/mol. The van der Waals surface area contributed by atoms with Crippen molar-refractivity contribution in [3.63, 3.8) is 0 Å². The Morgan fingerprint density at radius 3 is 2.67 bits per heavy atom. The third kappa shape index (κ3) is 2.69. The van der Waals surface area contributed by atoms with Crippen molar-refractivity contribution in [3.05, 3.63) is 66.0 Å². The molecule has 0 atom stereocenters. The van der Waals surface area contributed by atoms with Crippen LogP contribution in [-0.2, 0) is 12.7 Å². The lowest BCUT2D eigenvalue weighted by molar-refractivity contribution is -0.138. The highest BCUT2D eigenvalue weighted by Gasteiger charge is 2.32. The van der Waals surface area contributed by atoms with E-state index in [0.29, 0.717) is 5.82 Å². The summed E-state index contributed by atoms with van der Waals surface area (Å²) < 4.78 is 40.6. The van der Waals surface area contributed by atoms with E-state index in [0.717, 1.165) is 11.7 Å². The number of nitrogens with zero attached hydrogens (tertiary/aromatic N) is 2. The van der Waals surface area contributed by atoms with E-state index in [2.05, 4.69) is 10.3 Å². The van der Waals surface area contributed by atoms with Gasteiger partial charge in [0.2, 0.25) is 0 Å². The van der Waals surface area contributed by atoms with Crippen LogP contribution in [0.2, 0.25) is 0 Å². The molecule has 0 aliphatic heterocycles. The van der Waals surface area contributed by atoms with Gasteiger partial charge in [-0.25, -0.2) is 4.98 Å². The lowest BCUT2D eigenvalue weighted by Gasteiger charge is -2.14. The van der Waals surface area contributed by atoms with Crippen LogP contribution in [0.15, 0.2) is 54.9 Å². The molecule has 2 heterocycles. The minimum atomic E-state index is -4.35. The van der Waals surface area contributed by atoms with E-state index in [1.165, 1.54) is 12.1 Å². The van der Waals surface area contributed by atoms with E-state index >= 15 is 0 Å². The van der Waals surface area contributed by atoms with E-state index < -0.39 is 11.7 Å². The van der Waals surface area contributed by atoms with Crippen LogP contribution < -0.4 is 5.32 Å². The van der Waals surface area contributed by atoms with Crippen LogP contribution in [0.4, 0.5) is 19.0 Å². The highest BCUT2D eigenvalue weighted by molar-refractivity contribution is 5.50.